The van der Waals surface area contributed by atoms with E-state index in [9.17, 15) is 4.79 Å². The molecule has 1 N–H and O–H groups in total. The van der Waals surface area contributed by atoms with Gasteiger partial charge in [-0.15, -0.1) is 0 Å². The van der Waals surface area contributed by atoms with Crippen molar-refractivity contribution in [2.75, 3.05) is 25.5 Å². The van der Waals surface area contributed by atoms with Crippen LogP contribution in [0.5, 0.6) is 5.75 Å². The average Bonchev–Trinajstić information content (AvgIpc) is 2.48. The minimum atomic E-state index is -0.0672. The van der Waals surface area contributed by atoms with Crippen LogP contribution < -0.4 is 10.1 Å². The predicted octanol–water partition coefficient (Wildman–Crippen LogP) is 2.51. The van der Waals surface area contributed by atoms with Crippen molar-refractivity contribution in [1.29, 1.82) is 0 Å². The number of hydrogen-bond donors (Lipinski definition) is 1. The fraction of sp³-hybridized carbons (Fsp3) is 0.533. The number of nitrogens with zero attached hydrogens (tertiary/aromatic N) is 1. The van der Waals surface area contributed by atoms with E-state index in [4.69, 9.17) is 4.74 Å². The van der Waals surface area contributed by atoms with Crippen LogP contribution in [-0.2, 0) is 4.79 Å². The molecule has 0 unspecified atom stereocenters. The Labute approximate surface area is 114 Å². The molecule has 0 spiro atoms. The van der Waals surface area contributed by atoms with Crippen LogP contribution in [0.3, 0.4) is 0 Å². The summed E-state index contributed by atoms with van der Waals surface area (Å²) in [4.78, 5) is 14.4. The van der Waals surface area contributed by atoms with Gasteiger partial charge in [0.2, 0.25) is 5.91 Å². The molecule has 0 aromatic heterocycles. The minimum absolute atomic E-state index is 0.0621. The number of piperidine rings is 1. The highest BCUT2D eigenvalue weighted by atomic mass is 16.5. The molecule has 0 bridgehead atoms. The van der Waals surface area contributed by atoms with Crippen LogP contribution in [0.4, 0.5) is 5.69 Å². The molecular formula is C15H22N2O2. The van der Waals surface area contributed by atoms with Gasteiger partial charge in [-0.3, -0.25) is 9.69 Å². The Kier molecular flexibility index (Phi) is 4.80. The molecular weight excluding hydrogens is 240 g/mol. The summed E-state index contributed by atoms with van der Waals surface area (Å²) >= 11 is 0. The Morgan fingerprint density at radius 1 is 1.21 bits per heavy atom. The molecule has 4 heteroatoms. The Balaban J connectivity index is 1.91. The van der Waals surface area contributed by atoms with Crippen LogP contribution in [0.25, 0.3) is 0 Å². The number of anilines is 1. The van der Waals surface area contributed by atoms with E-state index in [1.54, 1.807) is 7.11 Å². The molecule has 1 aromatic rings. The summed E-state index contributed by atoms with van der Waals surface area (Å²) < 4.78 is 5.10. The zero-order valence-electron chi connectivity index (χ0n) is 11.7. The van der Waals surface area contributed by atoms with Crippen LogP contribution in [0, 0.1) is 0 Å². The monoisotopic (exact) mass is 262 g/mol. The first-order valence-electron chi connectivity index (χ1n) is 6.89. The summed E-state index contributed by atoms with van der Waals surface area (Å²) in [7, 11) is 1.63. The standard InChI is InChI=1S/C15H22N2O2/c1-12(17-10-4-3-5-11-17)15(18)16-13-6-8-14(19-2)9-7-13/h6-9,12H,3-5,10-11H2,1-2H3,(H,16,18)/t12-/m0/s1. The number of ether oxygens (including phenoxy) is 1. The van der Waals surface area contributed by atoms with Gasteiger partial charge < -0.3 is 10.1 Å². The van der Waals surface area contributed by atoms with E-state index < -0.39 is 0 Å². The van der Waals surface area contributed by atoms with Crippen LogP contribution in [0.15, 0.2) is 24.3 Å². The van der Waals surface area contributed by atoms with Crippen molar-refractivity contribution in [2.45, 2.75) is 32.2 Å². The number of carbonyl (C=O) groups is 1. The zero-order valence-corrected chi connectivity index (χ0v) is 11.7. The van der Waals surface area contributed by atoms with Crippen molar-refractivity contribution < 1.29 is 9.53 Å². The van der Waals surface area contributed by atoms with E-state index in [0.29, 0.717) is 0 Å². The highest BCUT2D eigenvalue weighted by Crippen LogP contribution is 2.17. The van der Waals surface area contributed by atoms with Gasteiger partial charge in [-0.2, -0.15) is 0 Å². The summed E-state index contributed by atoms with van der Waals surface area (Å²) in [5.41, 5.74) is 0.814. The number of rotatable bonds is 4. The predicted molar refractivity (Wildman–Crippen MR) is 76.5 cm³/mol. The highest BCUT2D eigenvalue weighted by Gasteiger charge is 2.22. The van der Waals surface area contributed by atoms with Crippen LogP contribution in [0.1, 0.15) is 26.2 Å². The summed E-state index contributed by atoms with van der Waals surface area (Å²) in [6, 6.07) is 7.35. The van der Waals surface area contributed by atoms with E-state index in [1.165, 1.54) is 19.3 Å². The Hall–Kier alpha value is -1.55. The molecule has 1 fully saturated rings. The zero-order chi connectivity index (χ0) is 13.7. The van der Waals surface area contributed by atoms with Gasteiger partial charge >= 0.3 is 0 Å². The molecule has 0 radical (unpaired) electrons. The van der Waals surface area contributed by atoms with Crippen molar-refractivity contribution in [3.8, 4) is 5.75 Å². The van der Waals surface area contributed by atoms with Gasteiger partial charge in [0.05, 0.1) is 13.2 Å². The van der Waals surface area contributed by atoms with E-state index in [-0.39, 0.29) is 11.9 Å². The van der Waals surface area contributed by atoms with Crippen molar-refractivity contribution in [3.05, 3.63) is 24.3 Å². The first-order valence-corrected chi connectivity index (χ1v) is 6.89. The molecule has 1 aliphatic heterocycles. The molecule has 19 heavy (non-hydrogen) atoms. The van der Waals surface area contributed by atoms with Gasteiger partial charge in [-0.25, -0.2) is 0 Å². The number of methoxy groups -OCH3 is 1. The maximum atomic E-state index is 12.2. The lowest BCUT2D eigenvalue weighted by Gasteiger charge is -2.31. The molecule has 1 aliphatic rings. The first-order chi connectivity index (χ1) is 9.20. The number of carbonyl (C=O) groups excluding carboxylic acids is 1. The number of amides is 1. The topological polar surface area (TPSA) is 41.6 Å². The third kappa shape index (κ3) is 3.70. The number of likely N-dealkylation sites (tertiary alicyclic amines) is 1. The quantitative estimate of drug-likeness (QED) is 0.906. The summed E-state index contributed by atoms with van der Waals surface area (Å²) in [5, 5.41) is 2.95. The molecule has 4 nitrogen and oxygen atoms in total. The van der Waals surface area contributed by atoms with Crippen molar-refractivity contribution in [2.24, 2.45) is 0 Å². The maximum absolute atomic E-state index is 12.2. The van der Waals surface area contributed by atoms with Crippen LogP contribution >= 0.6 is 0 Å². The van der Waals surface area contributed by atoms with Gasteiger partial charge in [0.1, 0.15) is 5.75 Å². The third-order valence-electron chi connectivity index (χ3n) is 3.68. The summed E-state index contributed by atoms with van der Waals surface area (Å²) in [6.45, 7) is 4.03. The van der Waals surface area contributed by atoms with Gasteiger partial charge in [0.25, 0.3) is 0 Å². The molecule has 104 valence electrons. The second kappa shape index (κ2) is 6.57. The molecule has 1 saturated heterocycles. The molecule has 1 atom stereocenters. The fourth-order valence-corrected chi connectivity index (χ4v) is 2.39. The van der Waals surface area contributed by atoms with Gasteiger partial charge in [-0.05, 0) is 57.1 Å². The maximum Gasteiger partial charge on any atom is 0.241 e. The van der Waals surface area contributed by atoms with Crippen molar-refractivity contribution in [1.82, 2.24) is 4.90 Å². The largest absolute Gasteiger partial charge is 0.497 e. The van der Waals surface area contributed by atoms with Crippen molar-refractivity contribution >= 4 is 11.6 Å². The number of nitrogens with one attached hydrogen (secondary N) is 1. The molecule has 0 saturated carbocycles. The van der Waals surface area contributed by atoms with Gasteiger partial charge in [-0.1, -0.05) is 6.42 Å². The van der Waals surface area contributed by atoms with E-state index in [2.05, 4.69) is 10.2 Å². The normalized spacial score (nSPS) is 17.8. The first kappa shape index (κ1) is 13.9. The van der Waals surface area contributed by atoms with Gasteiger partial charge in [0, 0.05) is 5.69 Å². The number of hydrogen-bond acceptors (Lipinski definition) is 3. The average molecular weight is 262 g/mol. The molecule has 1 aromatic carbocycles. The number of benzene rings is 1. The second-order valence-corrected chi connectivity index (χ2v) is 4.99. The van der Waals surface area contributed by atoms with E-state index in [1.807, 2.05) is 31.2 Å². The summed E-state index contributed by atoms with van der Waals surface area (Å²) in [5.74, 6) is 0.856. The van der Waals surface area contributed by atoms with E-state index in [0.717, 1.165) is 24.5 Å². The highest BCUT2D eigenvalue weighted by molar-refractivity contribution is 5.94. The van der Waals surface area contributed by atoms with Gasteiger partial charge in [0.15, 0.2) is 0 Å². The molecule has 2 rings (SSSR count). The SMILES string of the molecule is COc1ccc(NC(=O)[C@H](C)N2CCCCC2)cc1. The smallest absolute Gasteiger partial charge is 0.241 e. The second-order valence-electron chi connectivity index (χ2n) is 4.99. The summed E-state index contributed by atoms with van der Waals surface area (Å²) in [6.07, 6.45) is 3.67. The lowest BCUT2D eigenvalue weighted by atomic mass is 10.1. The molecule has 0 aliphatic carbocycles. The Morgan fingerprint density at radius 2 is 1.84 bits per heavy atom. The molecule has 1 amide bonds. The minimum Gasteiger partial charge on any atom is -0.497 e. The Morgan fingerprint density at radius 3 is 2.42 bits per heavy atom. The van der Waals surface area contributed by atoms with Crippen LogP contribution in [0.2, 0.25) is 0 Å². The third-order valence-corrected chi connectivity index (χ3v) is 3.68. The Bertz CT molecular complexity index is 411. The lowest BCUT2D eigenvalue weighted by molar-refractivity contribution is -0.121. The lowest BCUT2D eigenvalue weighted by Crippen LogP contribution is -2.44. The molecule has 1 heterocycles. The van der Waals surface area contributed by atoms with Crippen molar-refractivity contribution in [3.63, 3.8) is 0 Å². The van der Waals surface area contributed by atoms with Crippen LogP contribution in [-0.4, -0.2) is 37.0 Å². The van der Waals surface area contributed by atoms with E-state index >= 15 is 0 Å². The fourth-order valence-electron chi connectivity index (χ4n) is 2.39.